The molecule has 4 unspecified atom stereocenters. The summed E-state index contributed by atoms with van der Waals surface area (Å²) in [7, 11) is 2.18. The van der Waals surface area contributed by atoms with E-state index in [0.29, 0.717) is 22.3 Å². The summed E-state index contributed by atoms with van der Waals surface area (Å²) in [5.41, 5.74) is 3.12. The van der Waals surface area contributed by atoms with Gasteiger partial charge >= 0.3 is 0 Å². The fraction of sp³-hybridized carbons (Fsp3) is 0.759. The van der Waals surface area contributed by atoms with Crippen molar-refractivity contribution in [2.45, 2.75) is 125 Å². The molecule has 1 aromatic rings. The molecule has 1 heterocycles. The first-order chi connectivity index (χ1) is 15.8. The van der Waals surface area contributed by atoms with E-state index in [4.69, 9.17) is 0 Å². The average Bonchev–Trinajstić information content (AvgIpc) is 3.17. The molecule has 1 amide bonds. The maximum atomic E-state index is 12.8. The van der Waals surface area contributed by atoms with Crippen molar-refractivity contribution in [3.05, 3.63) is 29.3 Å². The van der Waals surface area contributed by atoms with Gasteiger partial charge in [0.2, 0.25) is 5.91 Å². The minimum Gasteiger partial charge on any atom is -0.351 e. The van der Waals surface area contributed by atoms with Gasteiger partial charge in [-0.2, -0.15) is 0 Å². The Hall–Kier alpha value is -0.650. The summed E-state index contributed by atoms with van der Waals surface area (Å²) < 4.78 is 0. The van der Waals surface area contributed by atoms with E-state index in [-0.39, 0.29) is 22.8 Å². The Bertz CT molecular complexity index is 794. The van der Waals surface area contributed by atoms with E-state index in [0.717, 1.165) is 6.54 Å². The summed E-state index contributed by atoms with van der Waals surface area (Å²) in [4.78, 5) is 16.6. The Kier molecular flexibility index (Phi) is 9.53. The Morgan fingerprint density at radius 2 is 1.56 bits per heavy atom. The summed E-state index contributed by atoms with van der Waals surface area (Å²) in [5.74, 6) is 0.787. The fourth-order valence-corrected chi connectivity index (χ4v) is 8.09. The molecule has 0 bridgehead atoms. The van der Waals surface area contributed by atoms with Gasteiger partial charge in [-0.3, -0.25) is 4.79 Å². The quantitative estimate of drug-likeness (QED) is 0.432. The van der Waals surface area contributed by atoms with E-state index < -0.39 is 0 Å². The molecule has 1 saturated heterocycles. The number of carbonyl (C=O) groups is 1. The molecule has 0 spiro atoms. The number of likely N-dealkylation sites (tertiary alicyclic amines) is 1. The van der Waals surface area contributed by atoms with Crippen LogP contribution in [-0.2, 0) is 15.6 Å². The van der Waals surface area contributed by atoms with E-state index >= 15 is 0 Å². The maximum Gasteiger partial charge on any atom is 0.230 e. The highest BCUT2D eigenvalue weighted by Gasteiger charge is 2.30. The minimum absolute atomic E-state index is 0.138. The Balaban J connectivity index is 1.64. The maximum absolute atomic E-state index is 12.8. The van der Waals surface area contributed by atoms with Gasteiger partial charge in [0, 0.05) is 27.5 Å². The number of hydrogen-bond donors (Lipinski definition) is 1. The van der Waals surface area contributed by atoms with E-state index in [1.165, 1.54) is 54.5 Å². The lowest BCUT2D eigenvalue weighted by Crippen LogP contribution is -2.46. The van der Waals surface area contributed by atoms with Crippen LogP contribution < -0.4 is 5.32 Å². The first-order valence-corrected chi connectivity index (χ1v) is 15.2. The van der Waals surface area contributed by atoms with Crippen LogP contribution >= 0.6 is 23.5 Å². The molecule has 3 rings (SSSR count). The van der Waals surface area contributed by atoms with Crippen LogP contribution in [0, 0.1) is 0 Å². The van der Waals surface area contributed by atoms with Crippen molar-refractivity contribution in [2.24, 2.45) is 0 Å². The second-order valence-electron chi connectivity index (χ2n) is 12.6. The molecule has 1 N–H and O–H groups in total. The lowest BCUT2D eigenvalue weighted by molar-refractivity contribution is -0.119. The molecule has 3 nitrogen and oxygen atoms in total. The number of amides is 1. The van der Waals surface area contributed by atoms with Gasteiger partial charge in [-0.15, -0.1) is 23.5 Å². The number of thioether (sulfide) groups is 2. The smallest absolute Gasteiger partial charge is 0.230 e. The van der Waals surface area contributed by atoms with Crippen LogP contribution in [-0.4, -0.2) is 52.7 Å². The van der Waals surface area contributed by atoms with Gasteiger partial charge in [-0.1, -0.05) is 60.5 Å². The van der Waals surface area contributed by atoms with Crippen LogP contribution in [0.3, 0.4) is 0 Å². The molecule has 0 radical (unpaired) electrons. The highest BCUT2D eigenvalue weighted by Crippen LogP contribution is 2.42. The number of carbonyl (C=O) groups excluding carboxylic acids is 1. The second kappa shape index (κ2) is 11.6. The Labute approximate surface area is 218 Å². The van der Waals surface area contributed by atoms with Gasteiger partial charge in [0.15, 0.2) is 0 Å². The number of nitrogens with zero attached hydrogens (tertiary/aromatic N) is 1. The molecule has 2 fully saturated rings. The molecular formula is C29H48N2OS2. The molecule has 0 aromatic heterocycles. The summed E-state index contributed by atoms with van der Waals surface area (Å²) in [6.45, 7) is 17.2. The summed E-state index contributed by atoms with van der Waals surface area (Å²) in [6, 6.07) is 7.96. The van der Waals surface area contributed by atoms with E-state index in [9.17, 15) is 4.79 Å². The van der Waals surface area contributed by atoms with Crippen molar-refractivity contribution >= 4 is 29.4 Å². The van der Waals surface area contributed by atoms with Gasteiger partial charge in [0.25, 0.3) is 0 Å². The molecular weight excluding hydrogens is 456 g/mol. The molecule has 2 aliphatic rings. The number of rotatable bonds is 7. The predicted octanol–water partition coefficient (Wildman–Crippen LogP) is 7.02. The lowest BCUT2D eigenvalue weighted by Gasteiger charge is -2.32. The van der Waals surface area contributed by atoms with Gasteiger partial charge in [0.1, 0.15) is 0 Å². The molecule has 5 heteroatoms. The molecule has 34 heavy (non-hydrogen) atoms. The molecule has 192 valence electrons. The van der Waals surface area contributed by atoms with Gasteiger partial charge in [0.05, 0.1) is 5.75 Å². The van der Waals surface area contributed by atoms with Crippen LogP contribution in [0.15, 0.2) is 23.1 Å². The summed E-state index contributed by atoms with van der Waals surface area (Å²) in [5, 5.41) is 4.42. The van der Waals surface area contributed by atoms with Gasteiger partial charge in [-0.05, 0) is 80.3 Å². The third-order valence-corrected chi connectivity index (χ3v) is 10.5. The third kappa shape index (κ3) is 7.67. The Morgan fingerprint density at radius 1 is 0.971 bits per heavy atom. The van der Waals surface area contributed by atoms with Gasteiger partial charge in [-0.25, -0.2) is 0 Å². The molecule has 1 saturated carbocycles. The average molecular weight is 505 g/mol. The largest absolute Gasteiger partial charge is 0.351 e. The first-order valence-electron chi connectivity index (χ1n) is 13.3. The standard InChI is InChI=1S/C29H48N2OS2/c1-20(24-12-11-15-31(24)8)30-27(32)19-33-25-13-9-10-14-26(25)34-23-17-21(28(2,3)4)16-22(18-23)29(5,6)7/h16-18,20,24-26H,9-15,19H2,1-8H3,(H,30,32). The van der Waals surface area contributed by atoms with Gasteiger partial charge < -0.3 is 10.2 Å². The zero-order chi connectivity index (χ0) is 25.1. The van der Waals surface area contributed by atoms with E-state index in [1.807, 2.05) is 11.8 Å². The van der Waals surface area contributed by atoms with Crippen LogP contribution in [0.25, 0.3) is 0 Å². The number of benzene rings is 1. The zero-order valence-electron chi connectivity index (χ0n) is 22.9. The molecule has 4 atom stereocenters. The second-order valence-corrected chi connectivity index (χ2v) is 15.1. The van der Waals surface area contributed by atoms with Crippen LogP contribution in [0.1, 0.15) is 98.1 Å². The Morgan fingerprint density at radius 3 is 2.09 bits per heavy atom. The minimum atomic E-state index is 0.138. The highest BCUT2D eigenvalue weighted by atomic mass is 32.2. The first kappa shape index (κ1) is 27.9. The van der Waals surface area contributed by atoms with Crippen molar-refractivity contribution in [1.29, 1.82) is 0 Å². The van der Waals surface area contributed by atoms with Crippen molar-refractivity contribution in [2.75, 3.05) is 19.3 Å². The number of nitrogens with one attached hydrogen (secondary N) is 1. The fourth-order valence-electron chi connectivity index (χ4n) is 5.24. The highest BCUT2D eigenvalue weighted by molar-refractivity contribution is 8.04. The van der Waals surface area contributed by atoms with Crippen molar-refractivity contribution < 1.29 is 4.79 Å². The van der Waals surface area contributed by atoms with Crippen molar-refractivity contribution in [1.82, 2.24) is 10.2 Å². The SMILES string of the molecule is CC(NC(=O)CSC1CCCCC1Sc1cc(C(C)(C)C)cc(C(C)(C)C)c1)C1CCCN1C. The molecule has 1 aromatic carbocycles. The molecule has 1 aliphatic heterocycles. The topological polar surface area (TPSA) is 32.3 Å². The van der Waals surface area contributed by atoms with Crippen molar-refractivity contribution in [3.8, 4) is 0 Å². The summed E-state index contributed by atoms with van der Waals surface area (Å²) in [6.07, 6.45) is 7.49. The van der Waals surface area contributed by atoms with E-state index in [2.05, 4.69) is 95.7 Å². The zero-order valence-corrected chi connectivity index (χ0v) is 24.5. The predicted molar refractivity (Wildman–Crippen MR) is 151 cm³/mol. The third-order valence-electron chi connectivity index (χ3n) is 7.54. The summed E-state index contributed by atoms with van der Waals surface area (Å²) >= 11 is 3.95. The normalized spacial score (nSPS) is 25.4. The van der Waals surface area contributed by atoms with Crippen LogP contribution in [0.4, 0.5) is 0 Å². The number of hydrogen-bond acceptors (Lipinski definition) is 4. The monoisotopic (exact) mass is 504 g/mol. The van der Waals surface area contributed by atoms with Crippen LogP contribution in [0.5, 0.6) is 0 Å². The molecule has 1 aliphatic carbocycles. The number of likely N-dealkylation sites (N-methyl/N-ethyl adjacent to an activating group) is 1. The van der Waals surface area contributed by atoms with E-state index in [1.54, 1.807) is 0 Å². The van der Waals surface area contributed by atoms with Crippen molar-refractivity contribution in [3.63, 3.8) is 0 Å². The lowest BCUT2D eigenvalue weighted by atomic mass is 9.81. The van der Waals surface area contributed by atoms with Crippen LogP contribution in [0.2, 0.25) is 0 Å².